The Labute approximate surface area is 204 Å². The topological polar surface area (TPSA) is 60.9 Å². The number of halogens is 3. The Kier molecular flexibility index (Phi) is 6.80. The lowest BCUT2D eigenvalue weighted by molar-refractivity contribution is 0.100. The number of carbonyl (C=O) groups is 1. The summed E-state index contributed by atoms with van der Waals surface area (Å²) in [6.07, 6.45) is 5.93. The van der Waals surface area contributed by atoms with Gasteiger partial charge in [-0.2, -0.15) is 0 Å². The summed E-state index contributed by atoms with van der Waals surface area (Å²) in [4.78, 5) is 16.2. The molecule has 0 aliphatic rings. The smallest absolute Gasteiger partial charge is 0.248 e. The van der Waals surface area contributed by atoms with Crippen molar-refractivity contribution in [1.29, 1.82) is 0 Å². The van der Waals surface area contributed by atoms with Gasteiger partial charge in [0, 0.05) is 33.4 Å². The molecule has 0 aliphatic carbocycles. The number of hydrogen-bond donors (Lipinski definition) is 1. The van der Waals surface area contributed by atoms with Crippen molar-refractivity contribution >= 4 is 57.2 Å². The number of rotatable bonds is 6. The van der Waals surface area contributed by atoms with Crippen molar-refractivity contribution in [2.75, 3.05) is 0 Å². The zero-order chi connectivity index (χ0) is 22.7. The van der Waals surface area contributed by atoms with Crippen LogP contribution >= 0.6 is 39.1 Å². The molecule has 160 valence electrons. The summed E-state index contributed by atoms with van der Waals surface area (Å²) in [7, 11) is 0. The molecule has 1 aromatic heterocycles. The molecule has 0 saturated heterocycles. The minimum absolute atomic E-state index is 0.447. The predicted octanol–water partition coefficient (Wildman–Crippen LogP) is 6.94. The van der Waals surface area contributed by atoms with Gasteiger partial charge in [-0.25, -0.2) is 4.98 Å². The Morgan fingerprint density at radius 1 is 1.00 bits per heavy atom. The average Bonchev–Trinajstić information content (AvgIpc) is 3.16. The third-order valence-corrected chi connectivity index (χ3v) is 5.98. The molecular formula is C25H18BrCl2N3O. The fraction of sp³-hybridized carbons (Fsp3) is 0.0400. The highest BCUT2D eigenvalue weighted by atomic mass is 79.9. The van der Waals surface area contributed by atoms with Crippen molar-refractivity contribution in [3.63, 3.8) is 0 Å². The molecule has 0 atom stereocenters. The number of aromatic nitrogens is 2. The summed E-state index contributed by atoms with van der Waals surface area (Å²) in [6, 6.07) is 20.6. The van der Waals surface area contributed by atoms with Crippen molar-refractivity contribution in [2.24, 2.45) is 5.73 Å². The van der Waals surface area contributed by atoms with E-state index < -0.39 is 5.91 Å². The zero-order valence-electron chi connectivity index (χ0n) is 16.8. The highest BCUT2D eigenvalue weighted by Crippen LogP contribution is 2.30. The van der Waals surface area contributed by atoms with Gasteiger partial charge in [-0.15, -0.1) is 0 Å². The van der Waals surface area contributed by atoms with Crippen LogP contribution in [0.1, 0.15) is 27.3 Å². The van der Waals surface area contributed by atoms with Gasteiger partial charge in [0.05, 0.1) is 10.7 Å². The summed E-state index contributed by atoms with van der Waals surface area (Å²) in [5, 5.41) is 1.11. The number of benzene rings is 3. The fourth-order valence-corrected chi connectivity index (χ4v) is 4.00. The van der Waals surface area contributed by atoms with E-state index in [0.717, 1.165) is 32.7 Å². The molecule has 4 aromatic rings. The van der Waals surface area contributed by atoms with Crippen LogP contribution in [-0.2, 0) is 6.54 Å². The van der Waals surface area contributed by atoms with Crippen LogP contribution in [0.25, 0.3) is 23.4 Å². The molecule has 32 heavy (non-hydrogen) atoms. The molecule has 0 radical (unpaired) electrons. The minimum atomic E-state index is -0.447. The van der Waals surface area contributed by atoms with Crippen LogP contribution in [0.15, 0.2) is 77.4 Å². The van der Waals surface area contributed by atoms with E-state index in [0.29, 0.717) is 22.2 Å². The van der Waals surface area contributed by atoms with E-state index in [2.05, 4.69) is 15.9 Å². The Hall–Kier alpha value is -2.86. The van der Waals surface area contributed by atoms with Gasteiger partial charge in [0.15, 0.2) is 0 Å². The number of imidazole rings is 1. The first-order valence-corrected chi connectivity index (χ1v) is 11.3. The Morgan fingerprint density at radius 3 is 2.38 bits per heavy atom. The summed E-state index contributed by atoms with van der Waals surface area (Å²) in [5.74, 6) is 0.324. The zero-order valence-corrected chi connectivity index (χ0v) is 19.9. The quantitative estimate of drug-likeness (QED) is 0.296. The van der Waals surface area contributed by atoms with Crippen LogP contribution < -0.4 is 5.73 Å². The molecule has 0 saturated carbocycles. The molecule has 0 bridgehead atoms. The first-order chi connectivity index (χ1) is 15.4. The van der Waals surface area contributed by atoms with Gasteiger partial charge in [-0.1, -0.05) is 69.5 Å². The van der Waals surface area contributed by atoms with Crippen molar-refractivity contribution in [1.82, 2.24) is 9.55 Å². The lowest BCUT2D eigenvalue weighted by atomic mass is 10.1. The molecule has 3 aromatic carbocycles. The SMILES string of the molecule is NC(=O)c1ccc(Cn2cc(-c3ccc(Cl)cc3Cl)nc2C=Cc2ccc(Br)cc2)cc1. The monoisotopic (exact) mass is 525 g/mol. The standard InChI is InChI=1S/C25H18BrCl2N3O/c26-19-8-3-16(4-9-19)5-12-24-30-23(21-11-10-20(27)13-22(21)28)15-31(24)14-17-1-6-18(7-2-17)25(29)32/h1-13,15H,14H2,(H2,29,32). The summed E-state index contributed by atoms with van der Waals surface area (Å²) in [5.41, 5.74) is 9.44. The van der Waals surface area contributed by atoms with E-state index in [-0.39, 0.29) is 0 Å². The van der Waals surface area contributed by atoms with Gasteiger partial charge >= 0.3 is 0 Å². The number of nitrogens with zero attached hydrogens (tertiary/aromatic N) is 2. The van der Waals surface area contributed by atoms with E-state index in [1.807, 2.05) is 65.4 Å². The maximum absolute atomic E-state index is 11.4. The second-order valence-corrected chi connectivity index (χ2v) is 8.94. The second-order valence-electron chi connectivity index (χ2n) is 7.18. The molecule has 4 nitrogen and oxygen atoms in total. The summed E-state index contributed by atoms with van der Waals surface area (Å²) < 4.78 is 3.06. The highest BCUT2D eigenvalue weighted by Gasteiger charge is 2.12. The van der Waals surface area contributed by atoms with Gasteiger partial charge < -0.3 is 10.3 Å². The fourth-order valence-electron chi connectivity index (χ4n) is 3.23. The number of nitrogens with two attached hydrogens (primary N) is 1. The largest absolute Gasteiger partial charge is 0.366 e. The van der Waals surface area contributed by atoms with Crippen molar-refractivity contribution in [3.05, 3.63) is 110 Å². The van der Waals surface area contributed by atoms with Gasteiger partial charge in [0.2, 0.25) is 5.91 Å². The maximum atomic E-state index is 11.4. The number of amides is 1. The predicted molar refractivity (Wildman–Crippen MR) is 135 cm³/mol. The number of carbonyl (C=O) groups excluding carboxylic acids is 1. The molecule has 0 unspecified atom stereocenters. The first kappa shape index (κ1) is 22.3. The van der Waals surface area contributed by atoms with Gasteiger partial charge in [-0.05, 0) is 59.7 Å². The van der Waals surface area contributed by atoms with E-state index in [1.165, 1.54) is 0 Å². The molecule has 0 spiro atoms. The molecule has 7 heteroatoms. The average molecular weight is 527 g/mol. The molecular weight excluding hydrogens is 509 g/mol. The van der Waals surface area contributed by atoms with Crippen LogP contribution in [0, 0.1) is 0 Å². The number of hydrogen-bond acceptors (Lipinski definition) is 2. The van der Waals surface area contributed by atoms with Crippen LogP contribution in [-0.4, -0.2) is 15.5 Å². The molecule has 1 heterocycles. The van der Waals surface area contributed by atoms with Crippen LogP contribution in [0.2, 0.25) is 10.0 Å². The van der Waals surface area contributed by atoms with E-state index >= 15 is 0 Å². The second kappa shape index (κ2) is 9.74. The van der Waals surface area contributed by atoms with Gasteiger partial charge in [0.25, 0.3) is 0 Å². The van der Waals surface area contributed by atoms with Crippen molar-refractivity contribution < 1.29 is 4.79 Å². The van der Waals surface area contributed by atoms with Crippen molar-refractivity contribution in [2.45, 2.75) is 6.54 Å². The van der Waals surface area contributed by atoms with Crippen molar-refractivity contribution in [3.8, 4) is 11.3 Å². The molecule has 0 aliphatic heterocycles. The Balaban J connectivity index is 1.71. The molecule has 1 amide bonds. The van der Waals surface area contributed by atoms with E-state index in [9.17, 15) is 4.79 Å². The van der Waals surface area contributed by atoms with Gasteiger partial charge in [0.1, 0.15) is 5.82 Å². The van der Waals surface area contributed by atoms with Crippen LogP contribution in [0.3, 0.4) is 0 Å². The van der Waals surface area contributed by atoms with Gasteiger partial charge in [-0.3, -0.25) is 4.79 Å². The first-order valence-electron chi connectivity index (χ1n) is 9.74. The third-order valence-electron chi connectivity index (χ3n) is 4.90. The molecule has 4 rings (SSSR count). The summed E-state index contributed by atoms with van der Waals surface area (Å²) in [6.45, 7) is 0.567. The Bertz CT molecular complexity index is 1300. The third kappa shape index (κ3) is 5.30. The Morgan fingerprint density at radius 2 is 1.72 bits per heavy atom. The normalized spacial score (nSPS) is 11.2. The van der Waals surface area contributed by atoms with Crippen LogP contribution in [0.5, 0.6) is 0 Å². The highest BCUT2D eigenvalue weighted by molar-refractivity contribution is 9.10. The van der Waals surface area contributed by atoms with E-state index in [4.69, 9.17) is 33.9 Å². The maximum Gasteiger partial charge on any atom is 0.248 e. The van der Waals surface area contributed by atoms with E-state index in [1.54, 1.807) is 24.3 Å². The number of primary amides is 1. The molecule has 2 N–H and O–H groups in total. The lowest BCUT2D eigenvalue weighted by Gasteiger charge is -2.06. The summed E-state index contributed by atoms with van der Waals surface area (Å²) >= 11 is 15.9. The molecule has 0 fully saturated rings. The van der Waals surface area contributed by atoms with Crippen LogP contribution in [0.4, 0.5) is 0 Å². The minimum Gasteiger partial charge on any atom is -0.366 e. The lowest BCUT2D eigenvalue weighted by Crippen LogP contribution is -2.10.